The van der Waals surface area contributed by atoms with Gasteiger partial charge in [-0.1, -0.05) is 29.5 Å². The highest BCUT2D eigenvalue weighted by atomic mass is 32.1. The number of hydrogen-bond acceptors (Lipinski definition) is 6. The Kier molecular flexibility index (Phi) is 4.45. The lowest BCUT2D eigenvalue weighted by Crippen LogP contribution is -2.34. The SMILES string of the molecule is O=C(NC(=S)Nc1nc2cc([N+](=O)[O-])ccc2s1)c1ccccc1. The van der Waals surface area contributed by atoms with Crippen LogP contribution in [0.3, 0.4) is 0 Å². The van der Waals surface area contributed by atoms with E-state index in [0.29, 0.717) is 16.2 Å². The Morgan fingerprint density at radius 1 is 1.21 bits per heavy atom. The maximum absolute atomic E-state index is 12.0. The lowest BCUT2D eigenvalue weighted by Gasteiger charge is -2.06. The summed E-state index contributed by atoms with van der Waals surface area (Å²) in [5.74, 6) is -0.329. The fourth-order valence-corrected chi connectivity index (χ4v) is 3.08. The first-order chi connectivity index (χ1) is 11.5. The molecular formula is C15H10N4O3S2. The van der Waals surface area contributed by atoms with Gasteiger partial charge in [-0.3, -0.25) is 20.2 Å². The predicted octanol–water partition coefficient (Wildman–Crippen LogP) is 3.33. The molecule has 0 spiro atoms. The van der Waals surface area contributed by atoms with Crippen LogP contribution in [0.15, 0.2) is 48.5 Å². The monoisotopic (exact) mass is 358 g/mol. The number of nitrogens with zero attached hydrogens (tertiary/aromatic N) is 2. The van der Waals surface area contributed by atoms with Crippen molar-refractivity contribution in [2.24, 2.45) is 0 Å². The molecule has 120 valence electrons. The standard InChI is InChI=1S/C15H10N4O3S2/c20-13(9-4-2-1-3-5-9)17-14(23)18-15-16-11-8-10(19(21)22)6-7-12(11)24-15/h1-8H,(H2,16,17,18,20,23). The number of thiazole rings is 1. The molecule has 1 amide bonds. The van der Waals surface area contributed by atoms with Gasteiger partial charge < -0.3 is 5.32 Å². The third-order valence-corrected chi connectivity index (χ3v) is 4.22. The third kappa shape index (κ3) is 3.53. The first-order valence-corrected chi connectivity index (χ1v) is 7.98. The highest BCUT2D eigenvalue weighted by Gasteiger charge is 2.12. The number of thiocarbonyl (C=S) groups is 1. The number of benzene rings is 2. The fourth-order valence-electron chi connectivity index (χ4n) is 1.98. The number of aromatic nitrogens is 1. The molecule has 7 nitrogen and oxygen atoms in total. The van der Waals surface area contributed by atoms with E-state index in [-0.39, 0.29) is 16.7 Å². The highest BCUT2D eigenvalue weighted by Crippen LogP contribution is 2.28. The Bertz CT molecular complexity index is 940. The van der Waals surface area contributed by atoms with Crippen molar-refractivity contribution in [1.29, 1.82) is 0 Å². The number of hydrogen-bond donors (Lipinski definition) is 2. The molecule has 24 heavy (non-hydrogen) atoms. The van der Waals surface area contributed by atoms with Crippen molar-refractivity contribution >= 4 is 55.6 Å². The third-order valence-electron chi connectivity index (χ3n) is 3.07. The zero-order valence-corrected chi connectivity index (χ0v) is 13.7. The molecule has 0 saturated carbocycles. The average Bonchev–Trinajstić information content (AvgIpc) is 2.96. The van der Waals surface area contributed by atoms with Crippen LogP contribution < -0.4 is 10.6 Å². The van der Waals surface area contributed by atoms with Crippen molar-refractivity contribution in [2.45, 2.75) is 0 Å². The second-order valence-electron chi connectivity index (χ2n) is 4.70. The van der Waals surface area contributed by atoms with Crippen LogP contribution in [0.25, 0.3) is 10.2 Å². The number of nitro groups is 1. The van der Waals surface area contributed by atoms with Gasteiger partial charge in [0.05, 0.1) is 15.1 Å². The van der Waals surface area contributed by atoms with Crippen LogP contribution >= 0.6 is 23.6 Å². The molecule has 2 aromatic carbocycles. The zero-order valence-electron chi connectivity index (χ0n) is 12.1. The number of anilines is 1. The fraction of sp³-hybridized carbons (Fsp3) is 0. The molecule has 0 radical (unpaired) electrons. The Labute approximate surface area is 145 Å². The number of nitrogens with one attached hydrogen (secondary N) is 2. The molecule has 0 atom stereocenters. The van der Waals surface area contributed by atoms with Crippen LogP contribution in [-0.4, -0.2) is 20.9 Å². The lowest BCUT2D eigenvalue weighted by molar-refractivity contribution is -0.384. The maximum Gasteiger partial charge on any atom is 0.271 e. The first kappa shape index (κ1) is 16.0. The molecule has 3 rings (SSSR count). The molecular weight excluding hydrogens is 348 g/mol. The maximum atomic E-state index is 12.0. The van der Waals surface area contributed by atoms with Crippen molar-refractivity contribution in [1.82, 2.24) is 10.3 Å². The summed E-state index contributed by atoms with van der Waals surface area (Å²) in [5.41, 5.74) is 0.953. The van der Waals surface area contributed by atoms with Crippen molar-refractivity contribution in [3.8, 4) is 0 Å². The summed E-state index contributed by atoms with van der Waals surface area (Å²) >= 11 is 6.38. The Hall–Kier alpha value is -2.91. The normalized spacial score (nSPS) is 10.3. The number of fused-ring (bicyclic) bond motifs is 1. The lowest BCUT2D eigenvalue weighted by atomic mass is 10.2. The Balaban J connectivity index is 1.71. The number of rotatable bonds is 3. The van der Waals surface area contributed by atoms with E-state index >= 15 is 0 Å². The van der Waals surface area contributed by atoms with Crippen molar-refractivity contribution in [3.05, 3.63) is 64.2 Å². The van der Waals surface area contributed by atoms with Crippen molar-refractivity contribution < 1.29 is 9.72 Å². The van der Waals surface area contributed by atoms with Crippen LogP contribution in [0.1, 0.15) is 10.4 Å². The van der Waals surface area contributed by atoms with E-state index < -0.39 is 4.92 Å². The van der Waals surface area contributed by atoms with Crippen LogP contribution in [0.2, 0.25) is 0 Å². The van der Waals surface area contributed by atoms with Gasteiger partial charge in [0.25, 0.3) is 11.6 Å². The second kappa shape index (κ2) is 6.69. The second-order valence-corrected chi connectivity index (χ2v) is 6.14. The van der Waals surface area contributed by atoms with E-state index in [9.17, 15) is 14.9 Å². The van der Waals surface area contributed by atoms with Crippen LogP contribution in [-0.2, 0) is 0 Å². The molecule has 0 saturated heterocycles. The van der Waals surface area contributed by atoms with E-state index in [1.807, 2.05) is 6.07 Å². The summed E-state index contributed by atoms with van der Waals surface area (Å²) in [6, 6.07) is 13.1. The molecule has 0 aliphatic rings. The molecule has 1 aromatic heterocycles. The molecule has 0 aliphatic carbocycles. The van der Waals surface area contributed by atoms with Crippen LogP contribution in [0.4, 0.5) is 10.8 Å². The quantitative estimate of drug-likeness (QED) is 0.423. The molecule has 9 heteroatoms. The molecule has 0 unspecified atom stereocenters. The summed E-state index contributed by atoms with van der Waals surface area (Å²) in [6.45, 7) is 0. The van der Waals surface area contributed by atoms with E-state index in [4.69, 9.17) is 12.2 Å². The highest BCUT2D eigenvalue weighted by molar-refractivity contribution is 7.80. The summed E-state index contributed by atoms with van der Waals surface area (Å²) in [4.78, 5) is 26.6. The van der Waals surface area contributed by atoms with Gasteiger partial charge in [0.1, 0.15) is 0 Å². The van der Waals surface area contributed by atoms with E-state index in [1.165, 1.54) is 23.5 Å². The molecule has 0 aliphatic heterocycles. The van der Waals surface area contributed by atoms with Crippen LogP contribution in [0.5, 0.6) is 0 Å². The predicted molar refractivity (Wildman–Crippen MR) is 96.4 cm³/mol. The number of carbonyl (C=O) groups is 1. The van der Waals surface area contributed by atoms with Gasteiger partial charge in [0.2, 0.25) is 0 Å². The summed E-state index contributed by atoms with van der Waals surface area (Å²) in [5, 5.41) is 16.7. The Morgan fingerprint density at radius 2 is 1.96 bits per heavy atom. The molecule has 1 heterocycles. The summed E-state index contributed by atoms with van der Waals surface area (Å²) in [6.07, 6.45) is 0. The van der Waals surface area contributed by atoms with E-state index in [0.717, 1.165) is 4.70 Å². The summed E-state index contributed by atoms with van der Waals surface area (Å²) in [7, 11) is 0. The molecule has 0 bridgehead atoms. The minimum Gasteiger partial charge on any atom is -0.308 e. The number of non-ortho nitro benzene ring substituents is 1. The number of nitro benzene ring substituents is 1. The largest absolute Gasteiger partial charge is 0.308 e. The van der Waals surface area contributed by atoms with Gasteiger partial charge in [0, 0.05) is 17.7 Å². The number of amides is 1. The van der Waals surface area contributed by atoms with Crippen LogP contribution in [0, 0.1) is 10.1 Å². The van der Waals surface area contributed by atoms with Gasteiger partial charge in [0.15, 0.2) is 10.2 Å². The topological polar surface area (TPSA) is 97.2 Å². The van der Waals surface area contributed by atoms with Gasteiger partial charge in [-0.05, 0) is 30.4 Å². The van der Waals surface area contributed by atoms with Gasteiger partial charge in [-0.25, -0.2) is 4.98 Å². The summed E-state index contributed by atoms with van der Waals surface area (Å²) < 4.78 is 0.778. The first-order valence-electron chi connectivity index (χ1n) is 6.75. The zero-order chi connectivity index (χ0) is 17.1. The minimum atomic E-state index is -0.476. The molecule has 0 fully saturated rings. The number of carbonyl (C=O) groups excluding carboxylic acids is 1. The van der Waals surface area contributed by atoms with Gasteiger partial charge in [-0.2, -0.15) is 0 Å². The molecule has 2 N–H and O–H groups in total. The average molecular weight is 358 g/mol. The van der Waals surface area contributed by atoms with Gasteiger partial charge in [-0.15, -0.1) is 0 Å². The van der Waals surface area contributed by atoms with E-state index in [1.54, 1.807) is 30.3 Å². The smallest absolute Gasteiger partial charge is 0.271 e. The Morgan fingerprint density at radius 3 is 2.67 bits per heavy atom. The minimum absolute atomic E-state index is 0.0284. The van der Waals surface area contributed by atoms with E-state index in [2.05, 4.69) is 15.6 Å². The van der Waals surface area contributed by atoms with Crippen molar-refractivity contribution in [2.75, 3.05) is 5.32 Å². The van der Waals surface area contributed by atoms with Gasteiger partial charge >= 0.3 is 0 Å². The molecule has 3 aromatic rings. The van der Waals surface area contributed by atoms with Crippen molar-refractivity contribution in [3.63, 3.8) is 0 Å².